The van der Waals surface area contributed by atoms with E-state index in [1.54, 1.807) is 17.8 Å². The molecule has 2 heterocycles. The molecule has 0 saturated heterocycles. The monoisotopic (exact) mass is 313 g/mol. The topological polar surface area (TPSA) is 39.4 Å². The first-order valence-electron chi connectivity index (χ1n) is 6.91. The van der Waals surface area contributed by atoms with Crippen molar-refractivity contribution in [3.05, 3.63) is 23.1 Å². The van der Waals surface area contributed by atoms with Gasteiger partial charge in [-0.25, -0.2) is 9.97 Å². The van der Waals surface area contributed by atoms with Gasteiger partial charge in [0.2, 0.25) is 0 Å². The summed E-state index contributed by atoms with van der Waals surface area (Å²) in [5.74, 6) is 0. The zero-order chi connectivity index (χ0) is 14.4. The van der Waals surface area contributed by atoms with Gasteiger partial charge in [0.25, 0.3) is 0 Å². The Hall–Kier alpha value is -0.780. The van der Waals surface area contributed by atoms with Gasteiger partial charge in [0, 0.05) is 25.5 Å². The van der Waals surface area contributed by atoms with E-state index >= 15 is 0 Å². The fourth-order valence-corrected chi connectivity index (χ4v) is 2.77. The zero-order valence-corrected chi connectivity index (χ0v) is 13.5. The van der Waals surface area contributed by atoms with Crippen LogP contribution >= 0.6 is 23.4 Å². The Balaban J connectivity index is 1.94. The first-order chi connectivity index (χ1) is 9.74. The molecule has 0 aromatic carbocycles. The van der Waals surface area contributed by atoms with Crippen LogP contribution in [0.1, 0.15) is 31.9 Å². The lowest BCUT2D eigenvalue weighted by atomic mass is 10.2. The summed E-state index contributed by atoms with van der Waals surface area (Å²) in [4.78, 5) is 8.90. The molecule has 0 fully saturated rings. The second-order valence-electron chi connectivity index (χ2n) is 4.60. The summed E-state index contributed by atoms with van der Waals surface area (Å²) in [7, 11) is 0. The number of rotatable bonds is 8. The van der Waals surface area contributed by atoms with Gasteiger partial charge in [-0.05, 0) is 31.9 Å². The highest BCUT2D eigenvalue weighted by Crippen LogP contribution is 2.19. The molecule has 0 amide bonds. The molecule has 0 N–H and O–H groups in total. The summed E-state index contributed by atoms with van der Waals surface area (Å²) < 4.78 is 7.47. The highest BCUT2D eigenvalue weighted by Gasteiger charge is 2.08. The molecule has 0 atom stereocenters. The van der Waals surface area contributed by atoms with Crippen LogP contribution in [0, 0.1) is 0 Å². The highest BCUT2D eigenvalue weighted by molar-refractivity contribution is 7.98. The quantitative estimate of drug-likeness (QED) is 0.321. The molecule has 2 aromatic rings. The Morgan fingerprint density at radius 1 is 1.30 bits per heavy atom. The summed E-state index contributed by atoms with van der Waals surface area (Å²) in [6.45, 7) is 3.82. The van der Waals surface area contributed by atoms with E-state index in [2.05, 4.69) is 23.1 Å². The maximum absolute atomic E-state index is 5.99. The first kappa shape index (κ1) is 15.6. The van der Waals surface area contributed by atoms with Crippen molar-refractivity contribution in [3.63, 3.8) is 0 Å². The molecule has 6 heteroatoms. The third-order valence-electron chi connectivity index (χ3n) is 2.94. The number of hydrogen-bond donors (Lipinski definition) is 0. The van der Waals surface area contributed by atoms with Crippen LogP contribution in [0.5, 0.6) is 0 Å². The van der Waals surface area contributed by atoms with Gasteiger partial charge in [0.1, 0.15) is 10.8 Å². The third kappa shape index (κ3) is 4.11. The molecule has 0 aliphatic heterocycles. The number of nitrogens with zero attached hydrogens (tertiary/aromatic N) is 3. The van der Waals surface area contributed by atoms with Crippen LogP contribution < -0.4 is 0 Å². The summed E-state index contributed by atoms with van der Waals surface area (Å²) in [5.41, 5.74) is 1.95. The molecular weight excluding hydrogens is 294 g/mol. The Morgan fingerprint density at radius 2 is 2.15 bits per heavy atom. The lowest BCUT2D eigenvalue weighted by molar-refractivity contribution is 0.131. The van der Waals surface area contributed by atoms with Gasteiger partial charge < -0.3 is 4.74 Å². The third-order valence-corrected chi connectivity index (χ3v) is 3.79. The van der Waals surface area contributed by atoms with Crippen molar-refractivity contribution < 1.29 is 4.74 Å². The predicted octanol–water partition coefficient (Wildman–Crippen LogP) is 3.85. The number of aryl methyl sites for hydroxylation is 1. The van der Waals surface area contributed by atoms with E-state index in [9.17, 15) is 0 Å². The number of imidazole rings is 1. The highest BCUT2D eigenvalue weighted by atomic mass is 35.5. The lowest BCUT2D eigenvalue weighted by Crippen LogP contribution is -1.96. The van der Waals surface area contributed by atoms with E-state index in [1.807, 2.05) is 10.7 Å². The average molecular weight is 314 g/mol. The van der Waals surface area contributed by atoms with Crippen molar-refractivity contribution in [1.82, 2.24) is 14.4 Å². The van der Waals surface area contributed by atoms with Crippen LogP contribution in [0.4, 0.5) is 0 Å². The fraction of sp³-hybridized carbons (Fsp3) is 0.571. The van der Waals surface area contributed by atoms with E-state index in [4.69, 9.17) is 16.3 Å². The molecule has 4 nitrogen and oxygen atoms in total. The molecule has 0 unspecified atom stereocenters. The molecule has 0 bridgehead atoms. The molecule has 2 rings (SSSR count). The van der Waals surface area contributed by atoms with E-state index < -0.39 is 0 Å². The maximum Gasteiger partial charge on any atom is 0.174 e. The number of halogens is 1. The minimum absolute atomic E-state index is 0.493. The first-order valence-corrected chi connectivity index (χ1v) is 8.51. The van der Waals surface area contributed by atoms with Gasteiger partial charge in [-0.2, -0.15) is 0 Å². The number of unbranched alkanes of at least 4 members (excludes halogenated alkanes) is 1. The number of aromatic nitrogens is 3. The van der Waals surface area contributed by atoms with Crippen LogP contribution in [0.15, 0.2) is 17.4 Å². The fourth-order valence-electron chi connectivity index (χ4n) is 2.01. The smallest absolute Gasteiger partial charge is 0.174 e. The molecular formula is C14H20ClN3OS. The summed E-state index contributed by atoms with van der Waals surface area (Å²) >= 11 is 7.56. The number of hydrogen-bond acceptors (Lipinski definition) is 4. The largest absolute Gasteiger partial charge is 0.381 e. The summed E-state index contributed by atoms with van der Waals surface area (Å²) in [5, 5.41) is 1.37. The molecule has 0 aliphatic rings. The van der Waals surface area contributed by atoms with E-state index in [0.717, 1.165) is 55.4 Å². The Morgan fingerprint density at radius 3 is 2.90 bits per heavy atom. The van der Waals surface area contributed by atoms with Gasteiger partial charge in [-0.1, -0.05) is 30.3 Å². The van der Waals surface area contributed by atoms with Gasteiger partial charge in [0.15, 0.2) is 5.16 Å². The minimum Gasteiger partial charge on any atom is -0.381 e. The zero-order valence-electron chi connectivity index (χ0n) is 11.9. The van der Waals surface area contributed by atoms with Crippen molar-refractivity contribution in [2.45, 2.75) is 37.8 Å². The Bertz CT molecular complexity index is 559. The van der Waals surface area contributed by atoms with Crippen molar-refractivity contribution in [2.75, 3.05) is 19.5 Å². The van der Waals surface area contributed by atoms with E-state index in [0.29, 0.717) is 5.15 Å². The second kappa shape index (κ2) is 7.86. The Kier molecular flexibility index (Phi) is 6.13. The van der Waals surface area contributed by atoms with Crippen molar-refractivity contribution in [3.8, 4) is 0 Å². The van der Waals surface area contributed by atoms with Crippen LogP contribution in [-0.4, -0.2) is 33.8 Å². The predicted molar refractivity (Wildman–Crippen MR) is 83.8 cm³/mol. The van der Waals surface area contributed by atoms with E-state index in [1.165, 1.54) is 0 Å². The van der Waals surface area contributed by atoms with Crippen LogP contribution in [0.3, 0.4) is 0 Å². The number of thioether (sulfide) groups is 1. The van der Waals surface area contributed by atoms with Crippen molar-refractivity contribution >= 4 is 29.0 Å². The normalized spacial score (nSPS) is 11.3. The van der Waals surface area contributed by atoms with Crippen molar-refractivity contribution in [1.29, 1.82) is 0 Å². The van der Waals surface area contributed by atoms with Gasteiger partial charge >= 0.3 is 0 Å². The second-order valence-corrected chi connectivity index (χ2v) is 5.76. The molecule has 0 saturated carbocycles. The van der Waals surface area contributed by atoms with Crippen LogP contribution in [-0.2, 0) is 11.2 Å². The summed E-state index contributed by atoms with van der Waals surface area (Å²) in [6.07, 6.45) is 8.24. The molecule has 20 heavy (non-hydrogen) atoms. The summed E-state index contributed by atoms with van der Waals surface area (Å²) in [6, 6.07) is 1.80. The standard InChI is InChI=1S/C14H20ClN3OS/c1-3-7-19-8-5-4-6-11-10-18-13(16-11)9-12(15)17-14(18)20-2/h9-10H,3-8H2,1-2H3. The van der Waals surface area contributed by atoms with Crippen molar-refractivity contribution in [2.24, 2.45) is 0 Å². The maximum atomic E-state index is 5.99. The molecule has 110 valence electrons. The molecule has 0 spiro atoms. The van der Waals surface area contributed by atoms with Crippen LogP contribution in [0.25, 0.3) is 5.65 Å². The lowest BCUT2D eigenvalue weighted by Gasteiger charge is -2.01. The number of fused-ring (bicyclic) bond motifs is 1. The van der Waals surface area contributed by atoms with Crippen LogP contribution in [0.2, 0.25) is 5.15 Å². The van der Waals surface area contributed by atoms with E-state index in [-0.39, 0.29) is 0 Å². The molecule has 0 aliphatic carbocycles. The van der Waals surface area contributed by atoms with Gasteiger partial charge in [-0.3, -0.25) is 4.40 Å². The SMILES string of the molecule is CCCOCCCCc1cn2c(SC)nc(Cl)cc2n1. The molecule has 2 aromatic heterocycles. The van der Waals surface area contributed by atoms with Gasteiger partial charge in [0.05, 0.1) is 5.69 Å². The number of ether oxygens (including phenoxy) is 1. The van der Waals surface area contributed by atoms with Gasteiger partial charge in [-0.15, -0.1) is 0 Å². The Labute approximate surface area is 128 Å². The minimum atomic E-state index is 0.493. The molecule has 0 radical (unpaired) electrons. The average Bonchev–Trinajstić information content (AvgIpc) is 2.84.